The fourth-order valence-electron chi connectivity index (χ4n) is 3.60. The number of nitrogens with zero attached hydrogens (tertiary/aromatic N) is 1. The van der Waals surface area contributed by atoms with Crippen LogP contribution in [0, 0.1) is 6.92 Å². The van der Waals surface area contributed by atoms with Crippen LogP contribution >= 0.6 is 12.2 Å². The van der Waals surface area contributed by atoms with E-state index in [-0.39, 0.29) is 0 Å². The van der Waals surface area contributed by atoms with Crippen LogP contribution in [0.1, 0.15) is 24.0 Å². The number of hydrogen-bond donors (Lipinski definition) is 0. The van der Waals surface area contributed by atoms with E-state index in [0.717, 1.165) is 40.7 Å². The Kier molecular flexibility index (Phi) is 5.94. The topological polar surface area (TPSA) is 12.5 Å². The first-order valence-electron chi connectivity index (χ1n) is 9.97. The highest BCUT2D eigenvalue weighted by molar-refractivity contribution is 7.80. The molecule has 0 aliphatic carbocycles. The second kappa shape index (κ2) is 8.96. The van der Waals surface area contributed by atoms with Crippen LogP contribution in [0.15, 0.2) is 102 Å². The van der Waals surface area contributed by atoms with Gasteiger partial charge in [-0.1, -0.05) is 66.8 Å². The quantitative estimate of drug-likeness (QED) is 0.328. The predicted octanol–water partition coefficient (Wildman–Crippen LogP) is 7.47. The molecule has 0 saturated carbocycles. The fraction of sp³-hybridized carbons (Fsp3) is 0.111. The second-order valence-corrected chi connectivity index (χ2v) is 7.72. The van der Waals surface area contributed by atoms with Gasteiger partial charge in [-0.3, -0.25) is 4.90 Å². The van der Waals surface area contributed by atoms with Crippen molar-refractivity contribution in [2.45, 2.75) is 19.8 Å². The van der Waals surface area contributed by atoms with Crippen molar-refractivity contribution in [3.8, 4) is 11.5 Å². The summed E-state index contributed by atoms with van der Waals surface area (Å²) >= 11 is 5.71. The largest absolute Gasteiger partial charge is 0.457 e. The third-order valence-electron chi connectivity index (χ3n) is 5.01. The smallest absolute Gasteiger partial charge is 0.127 e. The summed E-state index contributed by atoms with van der Waals surface area (Å²) in [6, 6.07) is 26.2. The van der Waals surface area contributed by atoms with E-state index in [4.69, 9.17) is 17.0 Å². The lowest BCUT2D eigenvalue weighted by molar-refractivity contribution is 0.483. The molecule has 4 rings (SSSR count). The molecule has 0 N–H and O–H groups in total. The number of piperidine rings is 1. The van der Waals surface area contributed by atoms with Crippen LogP contribution in [0.2, 0.25) is 0 Å². The van der Waals surface area contributed by atoms with Crippen LogP contribution in [0.25, 0.3) is 6.08 Å². The summed E-state index contributed by atoms with van der Waals surface area (Å²) in [6.07, 6.45) is 3.92. The maximum Gasteiger partial charge on any atom is 0.127 e. The Morgan fingerprint density at radius 2 is 1.67 bits per heavy atom. The Balaban J connectivity index is 1.62. The minimum Gasteiger partial charge on any atom is -0.457 e. The van der Waals surface area contributed by atoms with E-state index in [1.807, 2.05) is 54.6 Å². The molecule has 1 fully saturated rings. The molecule has 1 aliphatic rings. The summed E-state index contributed by atoms with van der Waals surface area (Å²) in [5, 5.41) is 0. The van der Waals surface area contributed by atoms with Gasteiger partial charge in [-0.25, -0.2) is 0 Å². The Bertz CT molecular complexity index is 1140. The van der Waals surface area contributed by atoms with E-state index in [1.165, 1.54) is 16.7 Å². The highest BCUT2D eigenvalue weighted by Crippen LogP contribution is 2.35. The molecule has 0 unspecified atom stereocenters. The lowest BCUT2D eigenvalue weighted by Crippen LogP contribution is -2.33. The number of para-hydroxylation sites is 1. The molecule has 0 amide bonds. The van der Waals surface area contributed by atoms with Crippen molar-refractivity contribution in [3.63, 3.8) is 0 Å². The van der Waals surface area contributed by atoms with Gasteiger partial charge in [-0.2, -0.15) is 0 Å². The van der Waals surface area contributed by atoms with Crippen LogP contribution in [0.3, 0.4) is 0 Å². The minimum atomic E-state index is 0.785. The van der Waals surface area contributed by atoms with Crippen molar-refractivity contribution in [1.82, 2.24) is 0 Å². The van der Waals surface area contributed by atoms with Gasteiger partial charge in [0.05, 0.1) is 10.7 Å². The third kappa shape index (κ3) is 4.44. The first-order valence-corrected chi connectivity index (χ1v) is 10.4. The molecule has 0 aromatic heterocycles. The van der Waals surface area contributed by atoms with Gasteiger partial charge >= 0.3 is 0 Å². The van der Waals surface area contributed by atoms with E-state index in [0.29, 0.717) is 0 Å². The number of hydrogen-bond acceptors (Lipinski definition) is 2. The van der Waals surface area contributed by atoms with Gasteiger partial charge in [-0.15, -0.1) is 5.73 Å². The molecular weight excluding hydrogens is 386 g/mol. The van der Waals surface area contributed by atoms with Gasteiger partial charge in [0.2, 0.25) is 0 Å². The van der Waals surface area contributed by atoms with E-state index in [9.17, 15) is 0 Å². The highest BCUT2D eigenvalue weighted by atomic mass is 32.1. The molecule has 0 radical (unpaired) electrons. The van der Waals surface area contributed by atoms with Crippen LogP contribution < -0.4 is 9.64 Å². The highest BCUT2D eigenvalue weighted by Gasteiger charge is 2.25. The number of allylic oxidation sites excluding steroid dienone is 1. The number of thiocarbonyl (C=S) groups is 1. The number of benzene rings is 3. The van der Waals surface area contributed by atoms with E-state index in [2.05, 4.69) is 54.5 Å². The SMILES string of the molecule is C=C=C1/C(=C/c2cccc(C)c2)CCC(=S)N1c1ccc(Oc2ccccc2)cc1. The first-order chi connectivity index (χ1) is 14.6. The van der Waals surface area contributed by atoms with Gasteiger partial charge in [-0.05, 0) is 67.0 Å². The van der Waals surface area contributed by atoms with Crippen molar-refractivity contribution >= 4 is 29.0 Å². The molecule has 1 aliphatic heterocycles. The molecule has 3 aromatic rings. The minimum absolute atomic E-state index is 0.785. The summed E-state index contributed by atoms with van der Waals surface area (Å²) in [5.74, 6) is 1.60. The van der Waals surface area contributed by atoms with Crippen LogP contribution in [-0.4, -0.2) is 4.99 Å². The molecular formula is C27H23NOS. The molecule has 1 saturated heterocycles. The van der Waals surface area contributed by atoms with Crippen molar-refractivity contribution in [2.24, 2.45) is 0 Å². The molecule has 0 atom stereocenters. The van der Waals surface area contributed by atoms with Gasteiger partial charge < -0.3 is 4.74 Å². The van der Waals surface area contributed by atoms with Gasteiger partial charge in [0.15, 0.2) is 0 Å². The van der Waals surface area contributed by atoms with E-state index >= 15 is 0 Å². The predicted molar refractivity (Wildman–Crippen MR) is 129 cm³/mol. The number of aryl methyl sites for hydroxylation is 1. The molecule has 30 heavy (non-hydrogen) atoms. The Morgan fingerprint density at radius 1 is 0.933 bits per heavy atom. The second-order valence-electron chi connectivity index (χ2n) is 7.25. The molecule has 148 valence electrons. The summed E-state index contributed by atoms with van der Waals surface area (Å²) in [5.41, 5.74) is 8.64. The summed E-state index contributed by atoms with van der Waals surface area (Å²) in [4.78, 5) is 2.94. The summed E-state index contributed by atoms with van der Waals surface area (Å²) in [7, 11) is 0. The van der Waals surface area contributed by atoms with Crippen molar-refractivity contribution in [2.75, 3.05) is 4.90 Å². The lowest BCUT2D eigenvalue weighted by atomic mass is 9.97. The average Bonchev–Trinajstić information content (AvgIpc) is 2.76. The molecule has 0 bridgehead atoms. The van der Waals surface area contributed by atoms with E-state index in [1.54, 1.807) is 0 Å². The maximum atomic E-state index is 5.91. The fourth-order valence-corrected chi connectivity index (χ4v) is 3.89. The number of anilines is 1. The zero-order valence-electron chi connectivity index (χ0n) is 17.0. The normalized spacial score (nSPS) is 15.2. The van der Waals surface area contributed by atoms with Crippen molar-refractivity contribution < 1.29 is 4.74 Å². The molecule has 0 spiro atoms. The van der Waals surface area contributed by atoms with Crippen molar-refractivity contribution in [3.05, 3.63) is 114 Å². The summed E-state index contributed by atoms with van der Waals surface area (Å²) in [6.45, 7) is 6.05. The standard InChI is InChI=1S/C27H23NOS/c1-3-26-22(19-21-9-7-8-20(2)18-21)12-17-27(30)28(26)23-13-15-25(16-14-23)29-24-10-5-4-6-11-24/h4-11,13-16,18-19H,1,12,17H2,2H3/b22-19+. The molecule has 2 nitrogen and oxygen atoms in total. The number of ether oxygens (including phenoxy) is 1. The Hall–Kier alpha value is -3.39. The maximum absolute atomic E-state index is 5.91. The van der Waals surface area contributed by atoms with Crippen LogP contribution in [-0.2, 0) is 0 Å². The first kappa shape index (κ1) is 19.9. The molecule has 1 heterocycles. The molecule has 3 heteroatoms. The van der Waals surface area contributed by atoms with E-state index < -0.39 is 0 Å². The van der Waals surface area contributed by atoms with Gasteiger partial charge in [0.25, 0.3) is 0 Å². The van der Waals surface area contributed by atoms with Gasteiger partial charge in [0.1, 0.15) is 11.5 Å². The molecule has 3 aromatic carbocycles. The average molecular weight is 410 g/mol. The Morgan fingerprint density at radius 3 is 2.37 bits per heavy atom. The summed E-state index contributed by atoms with van der Waals surface area (Å²) < 4.78 is 5.91. The lowest BCUT2D eigenvalue weighted by Gasteiger charge is -2.33. The third-order valence-corrected chi connectivity index (χ3v) is 5.40. The van der Waals surface area contributed by atoms with Crippen LogP contribution in [0.5, 0.6) is 11.5 Å². The van der Waals surface area contributed by atoms with Crippen molar-refractivity contribution in [1.29, 1.82) is 0 Å². The monoisotopic (exact) mass is 409 g/mol. The zero-order chi connectivity index (χ0) is 20.9. The van der Waals surface area contributed by atoms with Crippen LogP contribution in [0.4, 0.5) is 5.69 Å². The number of rotatable bonds is 4. The Labute approximate surface area is 183 Å². The van der Waals surface area contributed by atoms with Gasteiger partial charge in [0, 0.05) is 12.1 Å². The zero-order valence-corrected chi connectivity index (χ0v) is 17.8.